The third-order valence-electron chi connectivity index (χ3n) is 4.16. The van der Waals surface area contributed by atoms with Crippen molar-refractivity contribution in [3.05, 3.63) is 24.3 Å². The van der Waals surface area contributed by atoms with E-state index in [-0.39, 0.29) is 0 Å². The maximum absolute atomic E-state index is 5.35. The zero-order valence-corrected chi connectivity index (χ0v) is 13.0. The van der Waals surface area contributed by atoms with Crippen LogP contribution in [0.25, 0.3) is 22.1 Å². The molecule has 1 saturated heterocycles. The number of H-pyrrole nitrogens is 1. The molecule has 0 atom stereocenters. The van der Waals surface area contributed by atoms with Gasteiger partial charge >= 0.3 is 0 Å². The third kappa shape index (κ3) is 3.11. The predicted octanol–water partition coefficient (Wildman–Crippen LogP) is 1.64. The number of para-hydroxylation sites is 1. The number of morpholine rings is 1. The summed E-state index contributed by atoms with van der Waals surface area (Å²) in [5.41, 5.74) is 2.63. The molecule has 120 valence electrons. The summed E-state index contributed by atoms with van der Waals surface area (Å²) in [4.78, 5) is 10.2. The van der Waals surface area contributed by atoms with Crippen molar-refractivity contribution >= 4 is 28.0 Å². The molecule has 1 fully saturated rings. The molecule has 7 heteroatoms. The van der Waals surface area contributed by atoms with Crippen LogP contribution in [0, 0.1) is 0 Å². The van der Waals surface area contributed by atoms with E-state index in [9.17, 15) is 0 Å². The molecular formula is C16H20N6O. The molecule has 0 saturated carbocycles. The van der Waals surface area contributed by atoms with Gasteiger partial charge in [0.1, 0.15) is 5.52 Å². The highest BCUT2D eigenvalue weighted by atomic mass is 16.5. The Morgan fingerprint density at radius 2 is 2.04 bits per heavy atom. The maximum Gasteiger partial charge on any atom is 0.244 e. The molecule has 2 N–H and O–H groups in total. The minimum atomic E-state index is 0.575. The third-order valence-corrected chi connectivity index (χ3v) is 4.16. The van der Waals surface area contributed by atoms with Crippen molar-refractivity contribution in [2.24, 2.45) is 0 Å². The SMILES string of the molecule is c1ccc2c(c1)[nH]c1nc(NCCCN3CCOCC3)nnc12. The first-order valence-corrected chi connectivity index (χ1v) is 8.05. The Balaban J connectivity index is 1.38. The Morgan fingerprint density at radius 3 is 2.96 bits per heavy atom. The number of anilines is 1. The number of rotatable bonds is 5. The topological polar surface area (TPSA) is 79.0 Å². The number of aromatic amines is 1. The molecule has 0 amide bonds. The Hall–Kier alpha value is -2.25. The highest BCUT2D eigenvalue weighted by molar-refractivity contribution is 6.03. The lowest BCUT2D eigenvalue weighted by molar-refractivity contribution is 0.0378. The van der Waals surface area contributed by atoms with Gasteiger partial charge in [-0.05, 0) is 19.0 Å². The fourth-order valence-electron chi connectivity index (χ4n) is 2.92. The highest BCUT2D eigenvalue weighted by Gasteiger charge is 2.10. The second-order valence-corrected chi connectivity index (χ2v) is 5.74. The number of fused-ring (bicyclic) bond motifs is 3. The largest absolute Gasteiger partial charge is 0.379 e. The Labute approximate surface area is 134 Å². The molecule has 2 aromatic heterocycles. The number of hydrogen-bond acceptors (Lipinski definition) is 6. The van der Waals surface area contributed by atoms with Crippen LogP contribution < -0.4 is 5.32 Å². The highest BCUT2D eigenvalue weighted by Crippen LogP contribution is 2.21. The molecule has 1 aromatic carbocycles. The molecule has 1 aliphatic heterocycles. The van der Waals surface area contributed by atoms with E-state index < -0.39 is 0 Å². The van der Waals surface area contributed by atoms with E-state index >= 15 is 0 Å². The molecular weight excluding hydrogens is 292 g/mol. The summed E-state index contributed by atoms with van der Waals surface area (Å²) in [6.45, 7) is 5.65. The first-order valence-electron chi connectivity index (χ1n) is 8.05. The molecule has 0 radical (unpaired) electrons. The first-order chi connectivity index (χ1) is 11.4. The molecule has 0 aliphatic carbocycles. The van der Waals surface area contributed by atoms with Gasteiger partial charge in [-0.1, -0.05) is 18.2 Å². The summed E-state index contributed by atoms with van der Waals surface area (Å²) >= 11 is 0. The van der Waals surface area contributed by atoms with Crippen LogP contribution >= 0.6 is 0 Å². The maximum atomic E-state index is 5.35. The zero-order valence-electron chi connectivity index (χ0n) is 13.0. The van der Waals surface area contributed by atoms with Crippen LogP contribution in [0.3, 0.4) is 0 Å². The van der Waals surface area contributed by atoms with Crippen molar-refractivity contribution < 1.29 is 4.74 Å². The Bertz CT molecular complexity index is 795. The second kappa shape index (κ2) is 6.47. The van der Waals surface area contributed by atoms with Crippen LogP contribution in [-0.4, -0.2) is 64.5 Å². The summed E-state index contributed by atoms with van der Waals surface area (Å²) in [7, 11) is 0. The van der Waals surface area contributed by atoms with Crippen LogP contribution in [0.5, 0.6) is 0 Å². The lowest BCUT2D eigenvalue weighted by atomic mass is 10.2. The normalized spacial score (nSPS) is 16.2. The van der Waals surface area contributed by atoms with Gasteiger partial charge in [0.2, 0.25) is 5.95 Å². The van der Waals surface area contributed by atoms with Gasteiger partial charge in [0.05, 0.1) is 13.2 Å². The summed E-state index contributed by atoms with van der Waals surface area (Å²) in [5.74, 6) is 0.575. The van der Waals surface area contributed by atoms with Crippen LogP contribution in [-0.2, 0) is 4.74 Å². The van der Waals surface area contributed by atoms with Gasteiger partial charge in [0.25, 0.3) is 0 Å². The van der Waals surface area contributed by atoms with Crippen molar-refractivity contribution in [2.45, 2.75) is 6.42 Å². The van der Waals surface area contributed by atoms with Crippen LogP contribution in [0.4, 0.5) is 5.95 Å². The van der Waals surface area contributed by atoms with Crippen LogP contribution in [0.15, 0.2) is 24.3 Å². The molecule has 3 aromatic rings. The van der Waals surface area contributed by atoms with Gasteiger partial charge in [-0.15, -0.1) is 10.2 Å². The van der Waals surface area contributed by atoms with E-state index in [1.165, 1.54) is 0 Å². The van der Waals surface area contributed by atoms with Crippen molar-refractivity contribution in [3.63, 3.8) is 0 Å². The number of benzene rings is 1. The molecule has 0 unspecified atom stereocenters. The number of ether oxygens (including phenoxy) is 1. The van der Waals surface area contributed by atoms with Crippen LogP contribution in [0.2, 0.25) is 0 Å². The quantitative estimate of drug-likeness (QED) is 0.697. The van der Waals surface area contributed by atoms with Gasteiger partial charge in [0.15, 0.2) is 5.65 Å². The molecule has 0 spiro atoms. The minimum absolute atomic E-state index is 0.575. The van der Waals surface area contributed by atoms with E-state index in [1.54, 1.807) is 0 Å². The van der Waals surface area contributed by atoms with Gasteiger partial charge in [-0.25, -0.2) is 0 Å². The molecule has 4 rings (SSSR count). The molecule has 0 bridgehead atoms. The van der Waals surface area contributed by atoms with Crippen molar-refractivity contribution in [1.82, 2.24) is 25.1 Å². The van der Waals surface area contributed by atoms with E-state index in [4.69, 9.17) is 4.74 Å². The van der Waals surface area contributed by atoms with Gasteiger partial charge < -0.3 is 15.0 Å². The van der Waals surface area contributed by atoms with Gasteiger partial charge in [0, 0.05) is 30.5 Å². The fraction of sp³-hybridized carbons (Fsp3) is 0.438. The van der Waals surface area contributed by atoms with E-state index in [2.05, 4.69) is 30.4 Å². The molecule has 1 aliphatic rings. The number of nitrogens with zero attached hydrogens (tertiary/aromatic N) is 4. The number of hydrogen-bond donors (Lipinski definition) is 2. The lowest BCUT2D eigenvalue weighted by Crippen LogP contribution is -2.37. The monoisotopic (exact) mass is 312 g/mol. The smallest absolute Gasteiger partial charge is 0.244 e. The number of aromatic nitrogens is 4. The summed E-state index contributed by atoms with van der Waals surface area (Å²) < 4.78 is 5.35. The second-order valence-electron chi connectivity index (χ2n) is 5.74. The Morgan fingerprint density at radius 1 is 1.17 bits per heavy atom. The zero-order chi connectivity index (χ0) is 15.5. The van der Waals surface area contributed by atoms with E-state index in [0.29, 0.717) is 5.95 Å². The average Bonchev–Trinajstić information content (AvgIpc) is 2.97. The number of nitrogens with one attached hydrogen (secondary N) is 2. The van der Waals surface area contributed by atoms with Crippen molar-refractivity contribution in [3.8, 4) is 0 Å². The van der Waals surface area contributed by atoms with Crippen molar-refractivity contribution in [1.29, 1.82) is 0 Å². The minimum Gasteiger partial charge on any atom is -0.379 e. The van der Waals surface area contributed by atoms with Gasteiger partial charge in [-0.2, -0.15) is 4.98 Å². The summed E-state index contributed by atoms with van der Waals surface area (Å²) in [6, 6.07) is 8.04. The van der Waals surface area contributed by atoms with Crippen LogP contribution in [0.1, 0.15) is 6.42 Å². The van der Waals surface area contributed by atoms with Gasteiger partial charge in [-0.3, -0.25) is 4.90 Å². The summed E-state index contributed by atoms with van der Waals surface area (Å²) in [6.07, 6.45) is 1.05. The molecule has 7 nitrogen and oxygen atoms in total. The standard InChI is InChI=1S/C16H20N6O/c1-2-5-13-12(4-1)14-15(18-13)19-16(21-20-14)17-6-3-7-22-8-10-23-11-9-22/h1-2,4-5H,3,6-11H2,(H2,17,18,19,21). The molecule has 23 heavy (non-hydrogen) atoms. The summed E-state index contributed by atoms with van der Waals surface area (Å²) in [5, 5.41) is 12.8. The average molecular weight is 312 g/mol. The van der Waals surface area contributed by atoms with Crippen molar-refractivity contribution in [2.75, 3.05) is 44.7 Å². The first kappa shape index (κ1) is 14.3. The van der Waals surface area contributed by atoms with E-state index in [0.717, 1.165) is 67.9 Å². The fourth-order valence-corrected chi connectivity index (χ4v) is 2.92. The predicted molar refractivity (Wildman–Crippen MR) is 89.6 cm³/mol. The lowest BCUT2D eigenvalue weighted by Gasteiger charge is -2.26. The van der Waals surface area contributed by atoms with E-state index in [1.807, 2.05) is 24.3 Å². The Kier molecular flexibility index (Phi) is 4.04. The molecule has 3 heterocycles.